The van der Waals surface area contributed by atoms with E-state index in [-0.39, 0.29) is 17.9 Å². The predicted molar refractivity (Wildman–Crippen MR) is 147 cm³/mol. The molecule has 204 valence electrons. The number of aryl methyl sites for hydroxylation is 1. The third-order valence-electron chi connectivity index (χ3n) is 7.94. The quantitative estimate of drug-likeness (QED) is 0.470. The molecule has 2 aromatic rings. The first-order valence-corrected chi connectivity index (χ1v) is 13.8. The Morgan fingerprint density at radius 1 is 1.03 bits per heavy atom. The van der Waals surface area contributed by atoms with E-state index in [1.807, 2.05) is 49.9 Å². The molecular formula is C30H40N4O4. The summed E-state index contributed by atoms with van der Waals surface area (Å²) in [4.78, 5) is 42.7. The van der Waals surface area contributed by atoms with Crippen LogP contribution in [0.2, 0.25) is 0 Å². The predicted octanol–water partition coefficient (Wildman–Crippen LogP) is 4.64. The maximum absolute atomic E-state index is 13.5. The molecule has 2 fully saturated rings. The van der Waals surface area contributed by atoms with Gasteiger partial charge in [-0.05, 0) is 56.0 Å². The molecular weight excluding hydrogens is 480 g/mol. The Kier molecular flexibility index (Phi) is 8.72. The molecule has 38 heavy (non-hydrogen) atoms. The van der Waals surface area contributed by atoms with Crippen molar-refractivity contribution in [1.82, 2.24) is 20.4 Å². The zero-order valence-corrected chi connectivity index (χ0v) is 23.0. The van der Waals surface area contributed by atoms with E-state index in [4.69, 9.17) is 4.74 Å². The maximum Gasteiger partial charge on any atom is 0.327 e. The highest BCUT2D eigenvalue weighted by molar-refractivity contribution is 6.03. The molecule has 4 rings (SSSR count). The van der Waals surface area contributed by atoms with Gasteiger partial charge in [-0.3, -0.25) is 9.59 Å². The van der Waals surface area contributed by atoms with Crippen LogP contribution in [0.3, 0.4) is 0 Å². The Morgan fingerprint density at radius 3 is 2.24 bits per heavy atom. The van der Waals surface area contributed by atoms with Crippen molar-refractivity contribution in [1.29, 1.82) is 0 Å². The van der Waals surface area contributed by atoms with Crippen molar-refractivity contribution in [2.24, 2.45) is 5.41 Å². The van der Waals surface area contributed by atoms with Crippen LogP contribution in [0, 0.1) is 12.3 Å². The number of ether oxygens (including phenoxy) is 1. The largest absolute Gasteiger partial charge is 0.469 e. The van der Waals surface area contributed by atoms with Crippen LogP contribution in [0.4, 0.5) is 4.79 Å². The minimum Gasteiger partial charge on any atom is -0.469 e. The smallest absolute Gasteiger partial charge is 0.327 e. The van der Waals surface area contributed by atoms with E-state index in [1.54, 1.807) is 24.3 Å². The van der Waals surface area contributed by atoms with Crippen molar-refractivity contribution in [2.45, 2.75) is 65.6 Å². The summed E-state index contributed by atoms with van der Waals surface area (Å²) in [7, 11) is 0. The molecule has 2 aliphatic rings. The zero-order chi connectivity index (χ0) is 27.3. The van der Waals surface area contributed by atoms with Crippen molar-refractivity contribution in [3.63, 3.8) is 0 Å². The molecule has 0 aromatic heterocycles. The average Bonchev–Trinajstić information content (AvgIpc) is 2.94. The standard InChI is InChI=1S/C30H40N4O4/c1-5-8-25(22-11-9-21(4)10-12-22)32-29(37)34-27(36)30(6-2,7-3)28(34)38-24-15-13-23(14-16-24)26(35)33-19-17-31-18-20-33/h9-16,25,28,31H,5-8,17-20H2,1-4H3,(H,32,37). The third kappa shape index (κ3) is 5.41. The Hall–Kier alpha value is -3.39. The lowest BCUT2D eigenvalue weighted by Gasteiger charge is -2.53. The number of nitrogens with one attached hydrogen (secondary N) is 2. The topological polar surface area (TPSA) is 91.0 Å². The van der Waals surface area contributed by atoms with Crippen LogP contribution >= 0.6 is 0 Å². The lowest BCUT2D eigenvalue weighted by atomic mass is 9.72. The number of carbonyl (C=O) groups is 3. The second kappa shape index (κ2) is 12.0. The summed E-state index contributed by atoms with van der Waals surface area (Å²) in [6.07, 6.45) is 2.05. The fourth-order valence-electron chi connectivity index (χ4n) is 5.38. The molecule has 0 aliphatic carbocycles. The number of nitrogens with zero attached hydrogens (tertiary/aromatic N) is 2. The summed E-state index contributed by atoms with van der Waals surface area (Å²) >= 11 is 0. The van der Waals surface area contributed by atoms with Crippen molar-refractivity contribution in [3.05, 3.63) is 65.2 Å². The maximum atomic E-state index is 13.5. The van der Waals surface area contributed by atoms with Crippen LogP contribution in [-0.4, -0.2) is 60.1 Å². The van der Waals surface area contributed by atoms with E-state index < -0.39 is 17.7 Å². The van der Waals surface area contributed by atoms with Crippen LogP contribution in [0.1, 0.15) is 74.0 Å². The Balaban J connectivity index is 1.50. The molecule has 2 N–H and O–H groups in total. The van der Waals surface area contributed by atoms with Gasteiger partial charge in [-0.15, -0.1) is 0 Å². The first kappa shape index (κ1) is 27.6. The van der Waals surface area contributed by atoms with Gasteiger partial charge in [0.2, 0.25) is 5.91 Å². The van der Waals surface area contributed by atoms with E-state index in [1.165, 1.54) is 4.90 Å². The van der Waals surface area contributed by atoms with Crippen LogP contribution < -0.4 is 15.4 Å². The van der Waals surface area contributed by atoms with E-state index in [0.29, 0.717) is 37.2 Å². The number of amides is 4. The van der Waals surface area contributed by atoms with Crippen molar-refractivity contribution in [2.75, 3.05) is 26.2 Å². The fraction of sp³-hybridized carbons (Fsp3) is 0.500. The molecule has 2 unspecified atom stereocenters. The summed E-state index contributed by atoms with van der Waals surface area (Å²) in [6, 6.07) is 14.4. The number of hydrogen-bond acceptors (Lipinski definition) is 5. The van der Waals surface area contributed by atoms with Gasteiger partial charge in [0.15, 0.2) is 6.23 Å². The molecule has 0 saturated carbocycles. The van der Waals surface area contributed by atoms with Gasteiger partial charge >= 0.3 is 6.03 Å². The molecule has 8 nitrogen and oxygen atoms in total. The van der Waals surface area contributed by atoms with Gasteiger partial charge in [0.05, 0.1) is 6.04 Å². The molecule has 2 heterocycles. The van der Waals surface area contributed by atoms with Gasteiger partial charge in [-0.25, -0.2) is 9.69 Å². The summed E-state index contributed by atoms with van der Waals surface area (Å²) < 4.78 is 6.30. The van der Waals surface area contributed by atoms with Crippen molar-refractivity contribution < 1.29 is 19.1 Å². The number of urea groups is 1. The SMILES string of the molecule is CCCC(NC(=O)N1C(=O)C(CC)(CC)C1Oc1ccc(C(=O)N2CCNCC2)cc1)c1ccc(C)cc1. The van der Waals surface area contributed by atoms with Crippen LogP contribution in [0.15, 0.2) is 48.5 Å². The average molecular weight is 521 g/mol. The number of likely N-dealkylation sites (tertiary alicyclic amines) is 1. The van der Waals surface area contributed by atoms with E-state index >= 15 is 0 Å². The molecule has 4 amide bonds. The van der Waals surface area contributed by atoms with Gasteiger partial charge in [-0.1, -0.05) is 57.0 Å². The van der Waals surface area contributed by atoms with Crippen LogP contribution in [0.25, 0.3) is 0 Å². The molecule has 2 aliphatic heterocycles. The monoisotopic (exact) mass is 520 g/mol. The number of rotatable bonds is 9. The number of carbonyl (C=O) groups excluding carboxylic acids is 3. The second-order valence-corrected chi connectivity index (χ2v) is 10.3. The molecule has 2 atom stereocenters. The van der Waals surface area contributed by atoms with E-state index in [0.717, 1.165) is 37.1 Å². The van der Waals surface area contributed by atoms with E-state index in [9.17, 15) is 14.4 Å². The summed E-state index contributed by atoms with van der Waals surface area (Å²) in [6.45, 7) is 11.0. The number of benzene rings is 2. The van der Waals surface area contributed by atoms with Gasteiger partial charge in [0.1, 0.15) is 11.2 Å². The lowest BCUT2D eigenvalue weighted by molar-refractivity contribution is -0.191. The number of piperazine rings is 1. The number of β-lactam (4-membered cyclic amide) rings is 1. The second-order valence-electron chi connectivity index (χ2n) is 10.3. The summed E-state index contributed by atoms with van der Waals surface area (Å²) in [5.41, 5.74) is 1.99. The van der Waals surface area contributed by atoms with Gasteiger partial charge < -0.3 is 20.3 Å². The van der Waals surface area contributed by atoms with Crippen LogP contribution in [-0.2, 0) is 4.79 Å². The Labute approximate surface area is 225 Å². The van der Waals surface area contributed by atoms with E-state index in [2.05, 4.69) is 17.6 Å². The third-order valence-corrected chi connectivity index (χ3v) is 7.94. The number of hydrogen-bond donors (Lipinski definition) is 2. The first-order chi connectivity index (χ1) is 18.3. The Morgan fingerprint density at radius 2 is 1.66 bits per heavy atom. The summed E-state index contributed by atoms with van der Waals surface area (Å²) in [5.74, 6) is 0.300. The van der Waals surface area contributed by atoms with Crippen LogP contribution in [0.5, 0.6) is 5.75 Å². The molecule has 2 saturated heterocycles. The molecule has 0 radical (unpaired) electrons. The molecule has 8 heteroatoms. The normalized spacial score (nSPS) is 19.5. The van der Waals surface area contributed by atoms with Gasteiger partial charge in [0.25, 0.3) is 5.91 Å². The highest BCUT2D eigenvalue weighted by Crippen LogP contribution is 2.46. The van der Waals surface area contributed by atoms with Gasteiger partial charge in [-0.2, -0.15) is 0 Å². The van der Waals surface area contributed by atoms with Gasteiger partial charge in [0, 0.05) is 31.7 Å². The minimum absolute atomic E-state index is 0.00703. The summed E-state index contributed by atoms with van der Waals surface area (Å²) in [5, 5.41) is 6.33. The van der Waals surface area contributed by atoms with Crippen molar-refractivity contribution in [3.8, 4) is 5.75 Å². The molecule has 2 aromatic carbocycles. The molecule has 0 spiro atoms. The number of imide groups is 1. The van der Waals surface area contributed by atoms with Crippen molar-refractivity contribution >= 4 is 17.8 Å². The first-order valence-electron chi connectivity index (χ1n) is 13.8. The molecule has 0 bridgehead atoms. The zero-order valence-electron chi connectivity index (χ0n) is 23.0. The Bertz CT molecular complexity index is 1120. The highest BCUT2D eigenvalue weighted by atomic mass is 16.5. The highest BCUT2D eigenvalue weighted by Gasteiger charge is 2.63. The lowest BCUT2D eigenvalue weighted by Crippen LogP contribution is -2.73. The fourth-order valence-corrected chi connectivity index (χ4v) is 5.38. The minimum atomic E-state index is -0.767.